The molecule has 0 saturated carbocycles. The van der Waals surface area contributed by atoms with Crippen LogP contribution in [0.2, 0.25) is 0 Å². The fraction of sp³-hybridized carbons (Fsp3) is 1.00. The van der Waals surface area contributed by atoms with E-state index >= 15 is 0 Å². The van der Waals surface area contributed by atoms with Crippen LogP contribution in [0.5, 0.6) is 0 Å². The molecular weight excluding hydrogens is 210 g/mol. The first-order valence-electron chi connectivity index (χ1n) is 7.70. The van der Waals surface area contributed by atoms with Crippen LogP contribution in [-0.2, 0) is 4.74 Å². The Bertz CT molecular complexity index is 166. The number of hydrogen-bond donors (Lipinski definition) is 1. The molecule has 0 bridgehead atoms. The molecular formula is C15H31NO. The van der Waals surface area contributed by atoms with Gasteiger partial charge in [-0.25, -0.2) is 0 Å². The van der Waals surface area contributed by atoms with Gasteiger partial charge in [0.2, 0.25) is 0 Å². The highest BCUT2D eigenvalue weighted by Crippen LogP contribution is 2.18. The molecule has 17 heavy (non-hydrogen) atoms. The van der Waals surface area contributed by atoms with Crippen molar-refractivity contribution < 1.29 is 4.74 Å². The Morgan fingerprint density at radius 2 is 1.88 bits per heavy atom. The van der Waals surface area contributed by atoms with Crippen molar-refractivity contribution >= 4 is 0 Å². The van der Waals surface area contributed by atoms with Crippen molar-refractivity contribution in [2.45, 2.75) is 89.7 Å². The maximum absolute atomic E-state index is 6.17. The number of hydrogen-bond acceptors (Lipinski definition) is 2. The lowest BCUT2D eigenvalue weighted by molar-refractivity contribution is 0.00690. The van der Waals surface area contributed by atoms with Crippen LogP contribution in [0, 0.1) is 0 Å². The molecule has 2 nitrogen and oxygen atoms in total. The third kappa shape index (κ3) is 7.77. The molecule has 0 aliphatic carbocycles. The predicted octanol–water partition coefficient (Wildman–Crippen LogP) is 4.02. The molecule has 0 amide bonds. The minimum absolute atomic E-state index is 0.365. The first-order valence-corrected chi connectivity index (χ1v) is 7.70. The maximum atomic E-state index is 6.17. The second-order valence-corrected chi connectivity index (χ2v) is 5.54. The molecule has 1 fully saturated rings. The first-order chi connectivity index (χ1) is 8.33. The van der Waals surface area contributed by atoms with Crippen LogP contribution in [-0.4, -0.2) is 18.8 Å². The maximum Gasteiger partial charge on any atom is 0.0589 e. The van der Waals surface area contributed by atoms with Crippen LogP contribution < -0.4 is 5.73 Å². The zero-order chi connectivity index (χ0) is 12.3. The van der Waals surface area contributed by atoms with E-state index in [1.54, 1.807) is 0 Å². The van der Waals surface area contributed by atoms with Crippen LogP contribution in [0.15, 0.2) is 0 Å². The smallest absolute Gasteiger partial charge is 0.0589 e. The molecule has 1 heterocycles. The summed E-state index contributed by atoms with van der Waals surface area (Å²) in [5.41, 5.74) is 6.17. The summed E-state index contributed by atoms with van der Waals surface area (Å²) < 4.78 is 5.73. The normalized spacial score (nSPS) is 22.6. The average molecular weight is 241 g/mol. The summed E-state index contributed by atoms with van der Waals surface area (Å²) in [5.74, 6) is 0. The van der Waals surface area contributed by atoms with Crippen molar-refractivity contribution in [2.75, 3.05) is 6.61 Å². The van der Waals surface area contributed by atoms with Gasteiger partial charge >= 0.3 is 0 Å². The van der Waals surface area contributed by atoms with E-state index in [0.717, 1.165) is 13.0 Å². The van der Waals surface area contributed by atoms with Crippen LogP contribution >= 0.6 is 0 Å². The quantitative estimate of drug-likeness (QED) is 0.619. The summed E-state index contributed by atoms with van der Waals surface area (Å²) in [7, 11) is 0. The Labute approximate surface area is 107 Å². The molecule has 0 radical (unpaired) electrons. The SMILES string of the molecule is CCCCCCCCC(N)CC1CCCCO1. The van der Waals surface area contributed by atoms with Gasteiger partial charge in [0.25, 0.3) is 0 Å². The fourth-order valence-electron chi connectivity index (χ4n) is 2.64. The molecule has 1 aliphatic heterocycles. The molecule has 2 N–H and O–H groups in total. The molecule has 1 aliphatic rings. The highest BCUT2D eigenvalue weighted by atomic mass is 16.5. The van der Waals surface area contributed by atoms with Gasteiger partial charge in [0.1, 0.15) is 0 Å². The minimum atomic E-state index is 0.365. The van der Waals surface area contributed by atoms with Gasteiger partial charge in [0.05, 0.1) is 6.10 Å². The number of rotatable bonds is 9. The zero-order valence-corrected chi connectivity index (χ0v) is 11.6. The predicted molar refractivity (Wildman–Crippen MR) is 74.2 cm³/mol. The molecule has 2 heteroatoms. The van der Waals surface area contributed by atoms with E-state index in [9.17, 15) is 0 Å². The highest BCUT2D eigenvalue weighted by molar-refractivity contribution is 4.71. The van der Waals surface area contributed by atoms with Crippen LogP contribution in [0.3, 0.4) is 0 Å². The minimum Gasteiger partial charge on any atom is -0.378 e. The topological polar surface area (TPSA) is 35.2 Å². The van der Waals surface area contributed by atoms with Crippen molar-refractivity contribution in [1.82, 2.24) is 0 Å². The standard InChI is InChI=1S/C15H31NO/c1-2-3-4-5-6-7-10-14(16)13-15-11-8-9-12-17-15/h14-15H,2-13,16H2,1H3. The van der Waals surface area contributed by atoms with Crippen molar-refractivity contribution in [3.63, 3.8) is 0 Å². The summed E-state index contributed by atoms with van der Waals surface area (Å²) in [6.07, 6.45) is 14.7. The second-order valence-electron chi connectivity index (χ2n) is 5.54. The zero-order valence-electron chi connectivity index (χ0n) is 11.6. The molecule has 0 spiro atoms. The lowest BCUT2D eigenvalue weighted by atomic mass is 9.98. The van der Waals surface area contributed by atoms with Gasteiger partial charge in [-0.2, -0.15) is 0 Å². The van der Waals surface area contributed by atoms with Crippen molar-refractivity contribution in [3.8, 4) is 0 Å². The molecule has 2 unspecified atom stereocenters. The summed E-state index contributed by atoms with van der Waals surface area (Å²) >= 11 is 0. The van der Waals surface area contributed by atoms with E-state index in [4.69, 9.17) is 10.5 Å². The molecule has 0 aromatic heterocycles. The van der Waals surface area contributed by atoms with Crippen molar-refractivity contribution in [3.05, 3.63) is 0 Å². The van der Waals surface area contributed by atoms with E-state index in [0.29, 0.717) is 12.1 Å². The third-order valence-electron chi connectivity index (χ3n) is 3.77. The Balaban J connectivity index is 1.91. The van der Waals surface area contributed by atoms with E-state index in [2.05, 4.69) is 6.92 Å². The average Bonchev–Trinajstić information content (AvgIpc) is 2.35. The van der Waals surface area contributed by atoms with E-state index in [-0.39, 0.29) is 0 Å². The lowest BCUT2D eigenvalue weighted by Gasteiger charge is -2.25. The summed E-state index contributed by atoms with van der Waals surface area (Å²) in [6.45, 7) is 3.22. The molecule has 2 atom stereocenters. The molecule has 1 saturated heterocycles. The largest absolute Gasteiger partial charge is 0.378 e. The van der Waals surface area contributed by atoms with Gasteiger partial charge in [0.15, 0.2) is 0 Å². The fourth-order valence-corrected chi connectivity index (χ4v) is 2.64. The Morgan fingerprint density at radius 3 is 2.59 bits per heavy atom. The summed E-state index contributed by atoms with van der Waals surface area (Å²) in [6, 6.07) is 0.365. The van der Waals surface area contributed by atoms with Crippen LogP contribution in [0.25, 0.3) is 0 Å². The van der Waals surface area contributed by atoms with Gasteiger partial charge in [-0.15, -0.1) is 0 Å². The summed E-state index contributed by atoms with van der Waals surface area (Å²) in [5, 5.41) is 0. The van der Waals surface area contributed by atoms with Gasteiger partial charge < -0.3 is 10.5 Å². The van der Waals surface area contributed by atoms with Gasteiger partial charge in [-0.05, 0) is 32.1 Å². The number of unbranched alkanes of at least 4 members (excludes halogenated alkanes) is 5. The van der Waals surface area contributed by atoms with E-state index in [1.165, 1.54) is 64.2 Å². The van der Waals surface area contributed by atoms with E-state index < -0.39 is 0 Å². The molecule has 1 rings (SSSR count). The van der Waals surface area contributed by atoms with Gasteiger partial charge in [-0.1, -0.05) is 45.4 Å². The lowest BCUT2D eigenvalue weighted by Crippen LogP contribution is -2.29. The summed E-state index contributed by atoms with van der Waals surface area (Å²) in [4.78, 5) is 0. The first kappa shape index (κ1) is 15.0. The van der Waals surface area contributed by atoms with Crippen molar-refractivity contribution in [1.29, 1.82) is 0 Å². The number of ether oxygens (including phenoxy) is 1. The molecule has 102 valence electrons. The highest BCUT2D eigenvalue weighted by Gasteiger charge is 2.16. The Hall–Kier alpha value is -0.0800. The van der Waals surface area contributed by atoms with Crippen molar-refractivity contribution in [2.24, 2.45) is 5.73 Å². The third-order valence-corrected chi connectivity index (χ3v) is 3.77. The molecule has 0 aromatic carbocycles. The van der Waals surface area contributed by atoms with Crippen LogP contribution in [0.4, 0.5) is 0 Å². The second kappa shape index (κ2) is 9.90. The molecule has 0 aromatic rings. The van der Waals surface area contributed by atoms with E-state index in [1.807, 2.05) is 0 Å². The monoisotopic (exact) mass is 241 g/mol. The number of nitrogens with two attached hydrogens (primary N) is 1. The van der Waals surface area contributed by atoms with Gasteiger partial charge in [-0.3, -0.25) is 0 Å². The van der Waals surface area contributed by atoms with Crippen LogP contribution in [0.1, 0.15) is 77.6 Å². The van der Waals surface area contributed by atoms with Gasteiger partial charge in [0, 0.05) is 12.6 Å². The Kier molecular flexibility index (Phi) is 8.72. The Morgan fingerprint density at radius 1 is 1.12 bits per heavy atom.